The van der Waals surface area contributed by atoms with Gasteiger partial charge in [-0.15, -0.1) is 0 Å². The molecule has 0 saturated carbocycles. The second-order valence-electron chi connectivity index (χ2n) is 5.30. The number of hydrogen-bond acceptors (Lipinski definition) is 3. The highest BCUT2D eigenvalue weighted by atomic mass is 16.5. The molecule has 1 aromatic carbocycles. The first kappa shape index (κ1) is 13.9. The average Bonchev–Trinajstić information content (AvgIpc) is 2.41. The predicted octanol–water partition coefficient (Wildman–Crippen LogP) is 1.92. The molecular formula is C15H22N2O2. The topological polar surface area (TPSA) is 41.6 Å². The van der Waals surface area contributed by atoms with Crippen LogP contribution in [0, 0.1) is 0 Å². The number of ether oxygens (including phenoxy) is 1. The molecule has 1 fully saturated rings. The Hall–Kier alpha value is -1.55. The summed E-state index contributed by atoms with van der Waals surface area (Å²) >= 11 is 0. The molecule has 4 heteroatoms. The third-order valence-electron chi connectivity index (χ3n) is 3.65. The van der Waals surface area contributed by atoms with Crippen LogP contribution in [-0.2, 0) is 4.79 Å². The van der Waals surface area contributed by atoms with E-state index in [-0.39, 0.29) is 11.9 Å². The fraction of sp³-hybridized carbons (Fsp3) is 0.533. The van der Waals surface area contributed by atoms with Gasteiger partial charge >= 0.3 is 0 Å². The van der Waals surface area contributed by atoms with E-state index >= 15 is 0 Å². The van der Waals surface area contributed by atoms with E-state index in [1.54, 1.807) is 12.0 Å². The second kappa shape index (κ2) is 5.61. The molecule has 1 aliphatic heterocycles. The van der Waals surface area contributed by atoms with Gasteiger partial charge in [-0.25, -0.2) is 0 Å². The van der Waals surface area contributed by atoms with Crippen LogP contribution in [0.4, 0.5) is 0 Å². The molecule has 1 saturated heterocycles. The summed E-state index contributed by atoms with van der Waals surface area (Å²) < 4.78 is 5.41. The molecule has 4 nitrogen and oxygen atoms in total. The number of nitrogens with one attached hydrogen (secondary N) is 1. The van der Waals surface area contributed by atoms with E-state index < -0.39 is 0 Å². The Morgan fingerprint density at radius 3 is 2.79 bits per heavy atom. The molecule has 1 heterocycles. The van der Waals surface area contributed by atoms with Gasteiger partial charge in [-0.3, -0.25) is 4.79 Å². The summed E-state index contributed by atoms with van der Waals surface area (Å²) in [5.41, 5.74) is 2.16. The lowest BCUT2D eigenvalue weighted by molar-refractivity contribution is -0.134. The second-order valence-corrected chi connectivity index (χ2v) is 5.30. The zero-order chi connectivity index (χ0) is 14.0. The van der Waals surface area contributed by atoms with Crippen molar-refractivity contribution in [3.05, 3.63) is 29.3 Å². The minimum atomic E-state index is -0.299. The first-order valence-corrected chi connectivity index (χ1v) is 6.70. The highest BCUT2D eigenvalue weighted by molar-refractivity contribution is 5.84. The van der Waals surface area contributed by atoms with Crippen molar-refractivity contribution >= 4 is 5.91 Å². The van der Waals surface area contributed by atoms with E-state index in [9.17, 15) is 4.79 Å². The molecule has 19 heavy (non-hydrogen) atoms. The van der Waals surface area contributed by atoms with Gasteiger partial charge in [0, 0.05) is 25.7 Å². The van der Waals surface area contributed by atoms with Crippen LogP contribution in [0.2, 0.25) is 0 Å². The van der Waals surface area contributed by atoms with Crippen molar-refractivity contribution in [1.29, 1.82) is 0 Å². The van der Waals surface area contributed by atoms with Crippen molar-refractivity contribution in [3.8, 4) is 5.75 Å². The van der Waals surface area contributed by atoms with E-state index in [4.69, 9.17) is 4.74 Å². The molecule has 1 amide bonds. The third kappa shape index (κ3) is 2.73. The monoisotopic (exact) mass is 262 g/mol. The van der Waals surface area contributed by atoms with Gasteiger partial charge in [0.05, 0.1) is 7.11 Å². The summed E-state index contributed by atoms with van der Waals surface area (Å²) in [6.07, 6.45) is 0. The Labute approximate surface area is 114 Å². The summed E-state index contributed by atoms with van der Waals surface area (Å²) in [5, 5.41) is 3.29. The number of piperazine rings is 1. The minimum absolute atomic E-state index is 0.102. The van der Waals surface area contributed by atoms with Crippen molar-refractivity contribution < 1.29 is 9.53 Å². The number of amides is 1. The third-order valence-corrected chi connectivity index (χ3v) is 3.65. The highest BCUT2D eigenvalue weighted by Gasteiger charge is 2.29. The fourth-order valence-corrected chi connectivity index (χ4v) is 2.38. The molecule has 1 N–H and O–H groups in total. The SMILES string of the molecule is COc1ccc(C(C)C)cc1C1NCCN(C)C1=O. The summed E-state index contributed by atoms with van der Waals surface area (Å²) in [5.74, 6) is 1.30. The van der Waals surface area contributed by atoms with Crippen molar-refractivity contribution in [1.82, 2.24) is 10.2 Å². The number of benzene rings is 1. The predicted molar refractivity (Wildman–Crippen MR) is 75.5 cm³/mol. The van der Waals surface area contributed by atoms with Crippen LogP contribution in [0.3, 0.4) is 0 Å². The van der Waals surface area contributed by atoms with Crippen LogP contribution >= 0.6 is 0 Å². The van der Waals surface area contributed by atoms with Gasteiger partial charge in [0.25, 0.3) is 0 Å². The van der Waals surface area contributed by atoms with Gasteiger partial charge in [0.2, 0.25) is 5.91 Å². The van der Waals surface area contributed by atoms with Crippen molar-refractivity contribution in [2.24, 2.45) is 0 Å². The van der Waals surface area contributed by atoms with Crippen molar-refractivity contribution in [2.45, 2.75) is 25.8 Å². The first-order valence-electron chi connectivity index (χ1n) is 6.70. The Kier molecular flexibility index (Phi) is 4.10. The molecule has 1 aromatic rings. The zero-order valence-electron chi connectivity index (χ0n) is 12.1. The number of likely N-dealkylation sites (N-methyl/N-ethyl adjacent to an activating group) is 1. The smallest absolute Gasteiger partial charge is 0.244 e. The molecule has 1 unspecified atom stereocenters. The van der Waals surface area contributed by atoms with Crippen LogP contribution in [0.5, 0.6) is 5.75 Å². The lowest BCUT2D eigenvalue weighted by atomic mass is 9.95. The molecule has 0 aliphatic carbocycles. The van der Waals surface area contributed by atoms with E-state index in [1.165, 1.54) is 5.56 Å². The van der Waals surface area contributed by atoms with Gasteiger partial charge in [0.1, 0.15) is 11.8 Å². The number of rotatable bonds is 3. The highest BCUT2D eigenvalue weighted by Crippen LogP contribution is 2.30. The number of methoxy groups -OCH3 is 1. The fourth-order valence-electron chi connectivity index (χ4n) is 2.38. The van der Waals surface area contributed by atoms with Gasteiger partial charge in [-0.05, 0) is 23.6 Å². The Morgan fingerprint density at radius 1 is 1.42 bits per heavy atom. The number of carbonyl (C=O) groups is 1. The molecule has 104 valence electrons. The quantitative estimate of drug-likeness (QED) is 0.905. The summed E-state index contributed by atoms with van der Waals surface area (Å²) in [4.78, 5) is 14.0. The van der Waals surface area contributed by atoms with Gasteiger partial charge < -0.3 is 15.0 Å². The maximum Gasteiger partial charge on any atom is 0.244 e. The van der Waals surface area contributed by atoms with Crippen LogP contribution in [0.15, 0.2) is 18.2 Å². The van der Waals surface area contributed by atoms with Crippen LogP contribution in [0.25, 0.3) is 0 Å². The number of carbonyl (C=O) groups excluding carboxylic acids is 1. The van der Waals surface area contributed by atoms with E-state index in [2.05, 4.69) is 31.3 Å². The van der Waals surface area contributed by atoms with Gasteiger partial charge in [-0.1, -0.05) is 19.9 Å². The standard InChI is InChI=1S/C15H22N2O2/c1-10(2)11-5-6-13(19-4)12(9-11)14-15(18)17(3)8-7-16-14/h5-6,9-10,14,16H,7-8H2,1-4H3. The van der Waals surface area contributed by atoms with E-state index in [0.717, 1.165) is 24.4 Å². The van der Waals surface area contributed by atoms with E-state index in [1.807, 2.05) is 13.1 Å². The zero-order valence-corrected chi connectivity index (χ0v) is 12.1. The maximum atomic E-state index is 12.3. The Balaban J connectivity index is 2.41. The largest absolute Gasteiger partial charge is 0.496 e. The molecule has 0 spiro atoms. The lowest BCUT2D eigenvalue weighted by Gasteiger charge is -2.31. The molecule has 1 aliphatic rings. The molecule has 1 atom stereocenters. The molecular weight excluding hydrogens is 240 g/mol. The van der Waals surface area contributed by atoms with Crippen molar-refractivity contribution in [2.75, 3.05) is 27.2 Å². The molecule has 0 aromatic heterocycles. The van der Waals surface area contributed by atoms with Crippen molar-refractivity contribution in [3.63, 3.8) is 0 Å². The first-order chi connectivity index (χ1) is 9.04. The van der Waals surface area contributed by atoms with Crippen LogP contribution in [0.1, 0.15) is 36.9 Å². The van der Waals surface area contributed by atoms with E-state index in [0.29, 0.717) is 5.92 Å². The maximum absolute atomic E-state index is 12.3. The number of nitrogens with zero attached hydrogens (tertiary/aromatic N) is 1. The normalized spacial score (nSPS) is 19.9. The van der Waals surface area contributed by atoms with Crippen LogP contribution < -0.4 is 10.1 Å². The van der Waals surface area contributed by atoms with Gasteiger partial charge in [-0.2, -0.15) is 0 Å². The minimum Gasteiger partial charge on any atom is -0.496 e. The lowest BCUT2D eigenvalue weighted by Crippen LogP contribution is -2.48. The van der Waals surface area contributed by atoms with Gasteiger partial charge in [0.15, 0.2) is 0 Å². The summed E-state index contributed by atoms with van der Waals surface area (Å²) in [7, 11) is 3.49. The number of hydrogen-bond donors (Lipinski definition) is 1. The molecule has 0 radical (unpaired) electrons. The Bertz CT molecular complexity index is 471. The summed E-state index contributed by atoms with van der Waals surface area (Å²) in [6.45, 7) is 5.85. The summed E-state index contributed by atoms with van der Waals surface area (Å²) in [6, 6.07) is 5.80. The molecule has 2 rings (SSSR count). The molecule has 0 bridgehead atoms. The Morgan fingerprint density at radius 2 is 2.16 bits per heavy atom. The van der Waals surface area contributed by atoms with Crippen LogP contribution in [-0.4, -0.2) is 38.1 Å². The average molecular weight is 262 g/mol.